The summed E-state index contributed by atoms with van der Waals surface area (Å²) < 4.78 is 0. The smallest absolute Gasteiger partial charge is 0.317 e. The Labute approximate surface area is 148 Å². The highest BCUT2D eigenvalue weighted by molar-refractivity contribution is 5.74. The summed E-state index contributed by atoms with van der Waals surface area (Å²) in [5.74, 6) is -0.809. The van der Waals surface area contributed by atoms with Crippen LogP contribution < -0.4 is 16.0 Å². The molecule has 0 saturated heterocycles. The number of anilines is 1. The summed E-state index contributed by atoms with van der Waals surface area (Å²) in [7, 11) is 0. The van der Waals surface area contributed by atoms with Gasteiger partial charge < -0.3 is 21.1 Å². The number of hydrogen-bond acceptors (Lipinski definition) is 4. The van der Waals surface area contributed by atoms with E-state index in [2.05, 4.69) is 16.0 Å². The summed E-state index contributed by atoms with van der Waals surface area (Å²) in [6, 6.07) is 10.0. The molecule has 1 aromatic rings. The first-order valence-corrected chi connectivity index (χ1v) is 8.79. The first-order chi connectivity index (χ1) is 12.0. The number of nitrogens with zero attached hydrogens (tertiary/aromatic N) is 1. The Hall–Kier alpha value is -2.28. The van der Waals surface area contributed by atoms with Crippen LogP contribution in [0.5, 0.6) is 0 Å². The van der Waals surface area contributed by atoms with Crippen molar-refractivity contribution in [2.45, 2.75) is 44.8 Å². The minimum atomic E-state index is -0.809. The SMILES string of the molecule is CCN(CC(=O)O)C1CC(NC(=O)NC(C)CNc2ccccc2)C1. The molecular weight excluding hydrogens is 320 g/mol. The molecule has 0 aromatic heterocycles. The van der Waals surface area contributed by atoms with Crippen molar-refractivity contribution in [2.75, 3.05) is 25.0 Å². The predicted octanol–water partition coefficient (Wildman–Crippen LogP) is 1.72. The fraction of sp³-hybridized carbons (Fsp3) is 0.556. The molecule has 0 heterocycles. The van der Waals surface area contributed by atoms with E-state index in [0.29, 0.717) is 13.1 Å². The van der Waals surface area contributed by atoms with Gasteiger partial charge in [-0.3, -0.25) is 9.69 Å². The van der Waals surface area contributed by atoms with Gasteiger partial charge >= 0.3 is 12.0 Å². The molecular formula is C18H28N4O3. The van der Waals surface area contributed by atoms with Gasteiger partial charge in [-0.2, -0.15) is 0 Å². The second-order valence-electron chi connectivity index (χ2n) is 6.54. The number of carboxylic acids is 1. The van der Waals surface area contributed by atoms with Crippen LogP contribution in [0, 0.1) is 0 Å². The largest absolute Gasteiger partial charge is 0.480 e. The number of rotatable bonds is 9. The van der Waals surface area contributed by atoms with Crippen molar-refractivity contribution >= 4 is 17.7 Å². The average molecular weight is 348 g/mol. The predicted molar refractivity (Wildman–Crippen MR) is 97.8 cm³/mol. The van der Waals surface area contributed by atoms with Gasteiger partial charge in [0, 0.05) is 30.4 Å². The van der Waals surface area contributed by atoms with Gasteiger partial charge in [-0.15, -0.1) is 0 Å². The van der Waals surface area contributed by atoms with Gasteiger partial charge in [-0.25, -0.2) is 4.79 Å². The average Bonchev–Trinajstić information content (AvgIpc) is 2.55. The van der Waals surface area contributed by atoms with Crippen molar-refractivity contribution < 1.29 is 14.7 Å². The highest BCUT2D eigenvalue weighted by Gasteiger charge is 2.34. The van der Waals surface area contributed by atoms with Gasteiger partial charge in [0.05, 0.1) is 6.54 Å². The minimum Gasteiger partial charge on any atom is -0.480 e. The number of urea groups is 1. The second-order valence-corrected chi connectivity index (χ2v) is 6.54. The molecule has 1 unspecified atom stereocenters. The van der Waals surface area contributed by atoms with E-state index in [0.717, 1.165) is 18.5 Å². The molecule has 4 N–H and O–H groups in total. The van der Waals surface area contributed by atoms with Crippen molar-refractivity contribution in [3.8, 4) is 0 Å². The van der Waals surface area contributed by atoms with Crippen molar-refractivity contribution in [3.05, 3.63) is 30.3 Å². The lowest BCUT2D eigenvalue weighted by molar-refractivity contribution is -0.139. The standard InChI is InChI=1S/C18H28N4O3/c1-3-22(12-17(23)24)16-9-15(10-16)21-18(25)20-13(2)11-19-14-7-5-4-6-8-14/h4-8,13,15-16,19H,3,9-12H2,1-2H3,(H,23,24)(H2,20,21,25). The number of amides is 2. The first-order valence-electron chi connectivity index (χ1n) is 8.79. The molecule has 25 heavy (non-hydrogen) atoms. The molecule has 7 nitrogen and oxygen atoms in total. The number of nitrogens with one attached hydrogen (secondary N) is 3. The van der Waals surface area contributed by atoms with Crippen LogP contribution in [0.2, 0.25) is 0 Å². The number of likely N-dealkylation sites (N-methyl/N-ethyl adjacent to an activating group) is 1. The van der Waals surface area contributed by atoms with Gasteiger partial charge in [-0.05, 0) is 38.4 Å². The summed E-state index contributed by atoms with van der Waals surface area (Å²) in [6.45, 7) is 5.32. The lowest BCUT2D eigenvalue weighted by Gasteiger charge is -2.42. The van der Waals surface area contributed by atoms with Gasteiger partial charge in [-0.1, -0.05) is 25.1 Å². The Kier molecular flexibility index (Phi) is 7.06. The maximum atomic E-state index is 12.0. The summed E-state index contributed by atoms with van der Waals surface area (Å²) in [5.41, 5.74) is 1.02. The zero-order valence-electron chi connectivity index (χ0n) is 14.9. The number of carbonyl (C=O) groups excluding carboxylic acids is 1. The zero-order chi connectivity index (χ0) is 18.2. The quantitative estimate of drug-likeness (QED) is 0.545. The molecule has 1 atom stereocenters. The molecule has 1 aliphatic rings. The third-order valence-corrected chi connectivity index (χ3v) is 4.47. The normalized spacial score (nSPS) is 20.4. The van der Waals surface area contributed by atoms with Crippen LogP contribution >= 0.6 is 0 Å². The molecule has 0 aliphatic heterocycles. The summed E-state index contributed by atoms with van der Waals surface area (Å²) in [4.78, 5) is 24.8. The van der Waals surface area contributed by atoms with E-state index in [1.165, 1.54) is 0 Å². The van der Waals surface area contributed by atoms with Gasteiger partial charge in [0.1, 0.15) is 0 Å². The molecule has 138 valence electrons. The van der Waals surface area contributed by atoms with Gasteiger partial charge in [0.25, 0.3) is 0 Å². The number of carbonyl (C=O) groups is 2. The third-order valence-electron chi connectivity index (χ3n) is 4.47. The zero-order valence-corrected chi connectivity index (χ0v) is 14.9. The Morgan fingerprint density at radius 1 is 1.28 bits per heavy atom. The number of hydrogen-bond donors (Lipinski definition) is 4. The molecule has 2 amide bonds. The van der Waals surface area contributed by atoms with E-state index >= 15 is 0 Å². The fourth-order valence-corrected chi connectivity index (χ4v) is 3.01. The topological polar surface area (TPSA) is 93.7 Å². The van der Waals surface area contributed by atoms with Crippen molar-refractivity contribution in [3.63, 3.8) is 0 Å². The van der Waals surface area contributed by atoms with Gasteiger partial charge in [0.15, 0.2) is 0 Å². The Morgan fingerprint density at radius 3 is 2.56 bits per heavy atom. The lowest BCUT2D eigenvalue weighted by Crippen LogP contribution is -2.57. The monoisotopic (exact) mass is 348 g/mol. The Bertz CT molecular complexity index is 561. The second kappa shape index (κ2) is 9.27. The number of para-hydroxylation sites is 1. The first kappa shape index (κ1) is 19.1. The van der Waals surface area contributed by atoms with E-state index < -0.39 is 5.97 Å². The van der Waals surface area contributed by atoms with Gasteiger partial charge in [0.2, 0.25) is 0 Å². The highest BCUT2D eigenvalue weighted by atomic mass is 16.4. The maximum absolute atomic E-state index is 12.0. The fourth-order valence-electron chi connectivity index (χ4n) is 3.01. The van der Waals surface area contributed by atoms with Crippen molar-refractivity contribution in [1.29, 1.82) is 0 Å². The molecule has 7 heteroatoms. The minimum absolute atomic E-state index is 0.00442. The van der Waals surface area contributed by atoms with Crippen LogP contribution in [0.25, 0.3) is 0 Å². The molecule has 1 saturated carbocycles. The third kappa shape index (κ3) is 6.26. The van der Waals surface area contributed by atoms with Crippen molar-refractivity contribution in [1.82, 2.24) is 15.5 Å². The maximum Gasteiger partial charge on any atom is 0.317 e. The summed E-state index contributed by atoms with van der Waals surface area (Å²) >= 11 is 0. The van der Waals surface area contributed by atoms with E-state index in [9.17, 15) is 9.59 Å². The van der Waals surface area contributed by atoms with E-state index in [-0.39, 0.29) is 30.7 Å². The van der Waals surface area contributed by atoms with Crippen LogP contribution in [-0.2, 0) is 4.79 Å². The van der Waals surface area contributed by atoms with E-state index in [1.807, 2.05) is 49.1 Å². The van der Waals surface area contributed by atoms with E-state index in [1.54, 1.807) is 0 Å². The summed E-state index contributed by atoms with van der Waals surface area (Å²) in [5, 5.41) is 18.0. The Morgan fingerprint density at radius 2 is 1.96 bits per heavy atom. The van der Waals surface area contributed by atoms with E-state index in [4.69, 9.17) is 5.11 Å². The van der Waals surface area contributed by atoms with Crippen molar-refractivity contribution in [2.24, 2.45) is 0 Å². The number of aliphatic carboxylic acids is 1. The molecule has 0 radical (unpaired) electrons. The molecule has 1 fully saturated rings. The number of benzene rings is 1. The molecule has 1 aromatic carbocycles. The van der Waals surface area contributed by atoms with Crippen LogP contribution in [0.1, 0.15) is 26.7 Å². The molecule has 2 rings (SSSR count). The highest BCUT2D eigenvalue weighted by Crippen LogP contribution is 2.25. The molecule has 0 spiro atoms. The van der Waals surface area contributed by atoms with Crippen LogP contribution in [0.4, 0.5) is 10.5 Å². The lowest BCUT2D eigenvalue weighted by atomic mass is 9.85. The molecule has 1 aliphatic carbocycles. The number of carboxylic acid groups (broad SMARTS) is 1. The molecule has 0 bridgehead atoms. The Balaban J connectivity index is 1.63. The summed E-state index contributed by atoms with van der Waals surface area (Å²) in [6.07, 6.45) is 1.59. The van der Waals surface area contributed by atoms with Crippen LogP contribution in [-0.4, -0.2) is 59.8 Å². The van der Waals surface area contributed by atoms with Crippen LogP contribution in [0.15, 0.2) is 30.3 Å². The van der Waals surface area contributed by atoms with Crippen LogP contribution in [0.3, 0.4) is 0 Å².